The summed E-state index contributed by atoms with van der Waals surface area (Å²) in [6, 6.07) is 11.4. The molecule has 0 fully saturated rings. The van der Waals surface area contributed by atoms with Crippen LogP contribution in [0.1, 0.15) is 16.1 Å². The van der Waals surface area contributed by atoms with Crippen LogP contribution in [0.15, 0.2) is 47.2 Å². The van der Waals surface area contributed by atoms with Crippen molar-refractivity contribution in [3.05, 3.63) is 63.4 Å². The van der Waals surface area contributed by atoms with Crippen molar-refractivity contribution in [2.45, 2.75) is 6.54 Å². The Morgan fingerprint density at radius 1 is 1.24 bits per heavy atom. The van der Waals surface area contributed by atoms with Crippen LogP contribution in [0.25, 0.3) is 9.88 Å². The third-order valence-corrected chi connectivity index (χ3v) is 4.93. The number of carbonyl (C=O) groups excluding carboxylic acids is 1. The van der Waals surface area contributed by atoms with Crippen molar-refractivity contribution >= 4 is 40.2 Å². The Hall–Kier alpha value is -1.69. The summed E-state index contributed by atoms with van der Waals surface area (Å²) in [5, 5.41) is 8.16. The summed E-state index contributed by atoms with van der Waals surface area (Å²) >= 11 is 9.01. The number of benzene rings is 1. The first kappa shape index (κ1) is 14.3. The lowest BCUT2D eigenvalue weighted by molar-refractivity contribution is 0.0946. The zero-order valence-electron chi connectivity index (χ0n) is 10.9. The maximum atomic E-state index is 12.1. The van der Waals surface area contributed by atoms with Gasteiger partial charge in [0.2, 0.25) is 0 Å². The Kier molecular flexibility index (Phi) is 4.34. The average Bonchev–Trinajstić information content (AvgIpc) is 3.15. The van der Waals surface area contributed by atoms with Crippen molar-refractivity contribution in [1.29, 1.82) is 0 Å². The number of nitrogens with zero attached hydrogens (tertiary/aromatic N) is 1. The maximum Gasteiger partial charge on any atom is 0.271 e. The first-order valence-electron chi connectivity index (χ1n) is 6.24. The minimum atomic E-state index is -0.172. The molecule has 0 aliphatic heterocycles. The van der Waals surface area contributed by atoms with E-state index in [0.717, 1.165) is 15.4 Å². The lowest BCUT2D eigenvalue weighted by Gasteiger charge is -2.03. The fraction of sp³-hybridized carbons (Fsp3) is 0.0667. The van der Waals surface area contributed by atoms with Gasteiger partial charge in [0.05, 0.1) is 4.88 Å². The second kappa shape index (κ2) is 6.39. The van der Waals surface area contributed by atoms with E-state index in [9.17, 15) is 4.79 Å². The van der Waals surface area contributed by atoms with Crippen LogP contribution in [0.3, 0.4) is 0 Å². The molecule has 1 N–H and O–H groups in total. The van der Waals surface area contributed by atoms with Crippen molar-refractivity contribution in [2.24, 2.45) is 0 Å². The number of thiophene rings is 1. The van der Waals surface area contributed by atoms with Crippen LogP contribution in [0.2, 0.25) is 5.02 Å². The smallest absolute Gasteiger partial charge is 0.271 e. The summed E-state index contributed by atoms with van der Waals surface area (Å²) in [6.45, 7) is 0.436. The number of thiazole rings is 1. The highest BCUT2D eigenvalue weighted by molar-refractivity contribution is 7.20. The van der Waals surface area contributed by atoms with Crippen molar-refractivity contribution in [3.63, 3.8) is 0 Å². The Morgan fingerprint density at radius 2 is 2.14 bits per heavy atom. The number of nitrogens with one attached hydrogen (secondary N) is 1. The summed E-state index contributed by atoms with van der Waals surface area (Å²) in [5.74, 6) is -0.172. The molecular weight excluding hydrogens is 324 g/mol. The quantitative estimate of drug-likeness (QED) is 0.765. The van der Waals surface area contributed by atoms with Crippen molar-refractivity contribution < 1.29 is 4.79 Å². The van der Waals surface area contributed by atoms with E-state index in [2.05, 4.69) is 10.3 Å². The first-order valence-corrected chi connectivity index (χ1v) is 8.38. The first-order chi connectivity index (χ1) is 10.2. The zero-order valence-corrected chi connectivity index (χ0v) is 13.3. The fourth-order valence-electron chi connectivity index (χ4n) is 1.81. The van der Waals surface area contributed by atoms with Crippen molar-refractivity contribution in [1.82, 2.24) is 10.3 Å². The molecule has 0 saturated carbocycles. The molecule has 0 bridgehead atoms. The van der Waals surface area contributed by atoms with Crippen LogP contribution in [-0.2, 0) is 6.54 Å². The van der Waals surface area contributed by atoms with Gasteiger partial charge in [-0.25, -0.2) is 4.98 Å². The Labute approximate surface area is 135 Å². The third kappa shape index (κ3) is 3.50. The van der Waals surface area contributed by atoms with Gasteiger partial charge in [0, 0.05) is 16.9 Å². The second-order valence-electron chi connectivity index (χ2n) is 4.33. The summed E-state index contributed by atoms with van der Waals surface area (Å²) < 4.78 is 0. The molecule has 3 rings (SSSR count). The third-order valence-electron chi connectivity index (χ3n) is 2.81. The van der Waals surface area contributed by atoms with Gasteiger partial charge in [-0.05, 0) is 29.1 Å². The van der Waals surface area contributed by atoms with E-state index < -0.39 is 0 Å². The second-order valence-corrected chi connectivity index (χ2v) is 6.57. The van der Waals surface area contributed by atoms with Crippen LogP contribution in [-0.4, -0.2) is 10.9 Å². The van der Waals surface area contributed by atoms with Crippen LogP contribution in [0, 0.1) is 0 Å². The molecular formula is C15H11ClN2OS2. The van der Waals surface area contributed by atoms with Gasteiger partial charge in [-0.1, -0.05) is 29.8 Å². The standard InChI is InChI=1S/C15H11ClN2OS2/c16-11-4-1-3-10(7-11)8-17-14(19)12-9-21-15(18-12)13-5-2-6-20-13/h1-7,9H,8H2,(H,17,19). The summed E-state index contributed by atoms with van der Waals surface area (Å²) in [4.78, 5) is 17.5. The van der Waals surface area contributed by atoms with E-state index in [4.69, 9.17) is 11.6 Å². The highest BCUT2D eigenvalue weighted by Gasteiger charge is 2.12. The number of hydrogen-bond donors (Lipinski definition) is 1. The summed E-state index contributed by atoms with van der Waals surface area (Å²) in [5.41, 5.74) is 1.41. The topological polar surface area (TPSA) is 42.0 Å². The zero-order chi connectivity index (χ0) is 14.7. The van der Waals surface area contributed by atoms with Crippen LogP contribution in [0.4, 0.5) is 0 Å². The van der Waals surface area contributed by atoms with Gasteiger partial charge in [0.1, 0.15) is 10.7 Å². The monoisotopic (exact) mass is 334 g/mol. The molecule has 0 saturated heterocycles. The Balaban J connectivity index is 1.66. The number of halogens is 1. The molecule has 0 aliphatic rings. The highest BCUT2D eigenvalue weighted by Crippen LogP contribution is 2.27. The van der Waals surface area contributed by atoms with E-state index in [-0.39, 0.29) is 5.91 Å². The molecule has 0 spiro atoms. The number of rotatable bonds is 4. The molecule has 3 nitrogen and oxygen atoms in total. The minimum Gasteiger partial charge on any atom is -0.347 e. The van der Waals surface area contributed by atoms with Gasteiger partial charge in [-0.15, -0.1) is 22.7 Å². The number of amides is 1. The van der Waals surface area contributed by atoms with Gasteiger partial charge in [-0.3, -0.25) is 4.79 Å². The molecule has 1 aromatic carbocycles. The van der Waals surface area contributed by atoms with Crippen LogP contribution < -0.4 is 5.32 Å². The van der Waals surface area contributed by atoms with Crippen molar-refractivity contribution in [3.8, 4) is 9.88 Å². The molecule has 2 heterocycles. The van der Waals surface area contributed by atoms with E-state index in [1.165, 1.54) is 11.3 Å². The number of aromatic nitrogens is 1. The highest BCUT2D eigenvalue weighted by atomic mass is 35.5. The molecule has 0 radical (unpaired) electrons. The maximum absolute atomic E-state index is 12.1. The molecule has 1 amide bonds. The van der Waals surface area contributed by atoms with E-state index in [1.54, 1.807) is 22.8 Å². The van der Waals surface area contributed by atoms with Crippen LogP contribution >= 0.6 is 34.3 Å². The van der Waals surface area contributed by atoms with Gasteiger partial charge >= 0.3 is 0 Å². The summed E-state index contributed by atoms with van der Waals surface area (Å²) in [6.07, 6.45) is 0. The van der Waals surface area contributed by atoms with Crippen molar-refractivity contribution in [2.75, 3.05) is 0 Å². The fourth-order valence-corrected chi connectivity index (χ4v) is 3.64. The predicted octanol–water partition coefficient (Wildman–Crippen LogP) is 4.46. The van der Waals surface area contributed by atoms with E-state index in [0.29, 0.717) is 17.3 Å². The average molecular weight is 335 g/mol. The van der Waals surface area contributed by atoms with Crippen LogP contribution in [0.5, 0.6) is 0 Å². The number of carbonyl (C=O) groups is 1. The number of hydrogen-bond acceptors (Lipinski definition) is 4. The lowest BCUT2D eigenvalue weighted by Crippen LogP contribution is -2.23. The van der Waals surface area contributed by atoms with Gasteiger partial charge in [-0.2, -0.15) is 0 Å². The largest absolute Gasteiger partial charge is 0.347 e. The molecule has 2 aromatic heterocycles. The van der Waals surface area contributed by atoms with Gasteiger partial charge in [0.25, 0.3) is 5.91 Å². The molecule has 0 atom stereocenters. The molecule has 6 heteroatoms. The lowest BCUT2D eigenvalue weighted by atomic mass is 10.2. The Bertz CT molecular complexity index is 753. The van der Waals surface area contributed by atoms with Gasteiger partial charge < -0.3 is 5.32 Å². The molecule has 3 aromatic rings. The van der Waals surface area contributed by atoms with Gasteiger partial charge in [0.15, 0.2) is 0 Å². The van der Waals surface area contributed by atoms with E-state index in [1.807, 2.05) is 35.7 Å². The predicted molar refractivity (Wildman–Crippen MR) is 88.0 cm³/mol. The molecule has 106 valence electrons. The normalized spacial score (nSPS) is 10.5. The summed E-state index contributed by atoms with van der Waals surface area (Å²) in [7, 11) is 0. The van der Waals surface area contributed by atoms with E-state index >= 15 is 0 Å². The molecule has 0 unspecified atom stereocenters. The minimum absolute atomic E-state index is 0.172. The SMILES string of the molecule is O=C(NCc1cccc(Cl)c1)c1csc(-c2cccs2)n1. The molecule has 21 heavy (non-hydrogen) atoms. The Morgan fingerprint density at radius 3 is 2.90 bits per heavy atom. The molecule has 0 aliphatic carbocycles.